The van der Waals surface area contributed by atoms with Crippen molar-refractivity contribution in [3.63, 3.8) is 0 Å². The summed E-state index contributed by atoms with van der Waals surface area (Å²) >= 11 is 0. The van der Waals surface area contributed by atoms with E-state index < -0.39 is 10.9 Å². The van der Waals surface area contributed by atoms with Gasteiger partial charge >= 0.3 is 5.97 Å². The molecule has 7 heteroatoms. The minimum Gasteiger partial charge on any atom is -0.452 e. The third kappa shape index (κ3) is 3.74. The summed E-state index contributed by atoms with van der Waals surface area (Å²) in [5.41, 5.74) is 1.29. The van der Waals surface area contributed by atoms with Crippen molar-refractivity contribution < 1.29 is 24.0 Å². The summed E-state index contributed by atoms with van der Waals surface area (Å²) in [7, 11) is 0. The molecular formula is C22H13NO6. The van der Waals surface area contributed by atoms with Gasteiger partial charge in [0.25, 0.3) is 5.69 Å². The number of fused-ring (bicyclic) bond motifs is 1. The molecule has 0 aliphatic carbocycles. The molecular weight excluding hydrogens is 374 g/mol. The highest BCUT2D eigenvalue weighted by Gasteiger charge is 2.28. The number of nitro benzene ring substituents is 1. The number of carbonyl (C=O) groups excluding carboxylic acids is 2. The zero-order valence-corrected chi connectivity index (χ0v) is 14.9. The third-order valence-corrected chi connectivity index (χ3v) is 4.26. The topological polar surface area (TPSA) is 95.7 Å². The standard InChI is InChI=1S/C22H13NO6/c24-21-18-11-10-17(28-22(25)15-4-2-1-3-5-15)13-19(18)29-20(21)12-14-6-8-16(9-7-14)23(26)27/h1-13H. The van der Waals surface area contributed by atoms with Crippen LogP contribution in [0.4, 0.5) is 5.69 Å². The summed E-state index contributed by atoms with van der Waals surface area (Å²) in [6.45, 7) is 0. The van der Waals surface area contributed by atoms with Gasteiger partial charge in [0.05, 0.1) is 16.1 Å². The van der Waals surface area contributed by atoms with Crippen LogP contribution in [0, 0.1) is 10.1 Å². The molecule has 3 aromatic carbocycles. The maximum Gasteiger partial charge on any atom is 0.343 e. The second kappa shape index (κ2) is 7.40. The maximum absolute atomic E-state index is 12.5. The van der Waals surface area contributed by atoms with E-state index in [1.165, 1.54) is 48.5 Å². The van der Waals surface area contributed by atoms with Crippen molar-refractivity contribution in [1.29, 1.82) is 0 Å². The number of esters is 1. The minimum absolute atomic E-state index is 0.0426. The largest absolute Gasteiger partial charge is 0.452 e. The molecule has 1 aliphatic heterocycles. The summed E-state index contributed by atoms with van der Waals surface area (Å²) < 4.78 is 11.0. The molecule has 1 heterocycles. The number of non-ortho nitro benzene ring substituents is 1. The Morgan fingerprint density at radius 2 is 1.72 bits per heavy atom. The number of benzene rings is 3. The van der Waals surface area contributed by atoms with Gasteiger partial charge in [0, 0.05) is 18.2 Å². The van der Waals surface area contributed by atoms with E-state index in [0.29, 0.717) is 16.7 Å². The fourth-order valence-corrected chi connectivity index (χ4v) is 2.81. The molecule has 0 unspecified atom stereocenters. The zero-order chi connectivity index (χ0) is 20.4. The average Bonchev–Trinajstić information content (AvgIpc) is 3.03. The molecule has 7 nitrogen and oxygen atoms in total. The number of ether oxygens (including phenoxy) is 2. The van der Waals surface area contributed by atoms with Crippen LogP contribution in [0.5, 0.6) is 11.5 Å². The van der Waals surface area contributed by atoms with Gasteiger partial charge in [0.1, 0.15) is 11.5 Å². The van der Waals surface area contributed by atoms with E-state index in [4.69, 9.17) is 9.47 Å². The Morgan fingerprint density at radius 3 is 2.41 bits per heavy atom. The van der Waals surface area contributed by atoms with Crippen LogP contribution in [-0.4, -0.2) is 16.7 Å². The molecule has 0 aromatic heterocycles. The first-order chi connectivity index (χ1) is 14.0. The van der Waals surface area contributed by atoms with E-state index in [9.17, 15) is 19.7 Å². The van der Waals surface area contributed by atoms with Gasteiger partial charge < -0.3 is 9.47 Å². The number of ketones is 1. The van der Waals surface area contributed by atoms with Crippen molar-refractivity contribution >= 4 is 23.5 Å². The van der Waals surface area contributed by atoms with Gasteiger partial charge in [-0.05, 0) is 48.0 Å². The highest BCUT2D eigenvalue weighted by molar-refractivity contribution is 6.14. The first-order valence-electron chi connectivity index (χ1n) is 8.61. The Morgan fingerprint density at radius 1 is 1.00 bits per heavy atom. The first-order valence-corrected chi connectivity index (χ1v) is 8.61. The van der Waals surface area contributed by atoms with Crippen LogP contribution in [0.3, 0.4) is 0 Å². The summed E-state index contributed by atoms with van der Waals surface area (Å²) in [6, 6.07) is 18.8. The third-order valence-electron chi connectivity index (χ3n) is 4.26. The van der Waals surface area contributed by atoms with Crippen molar-refractivity contribution in [2.45, 2.75) is 0 Å². The molecule has 142 valence electrons. The molecule has 3 aromatic rings. The van der Waals surface area contributed by atoms with E-state index in [1.807, 2.05) is 0 Å². The van der Waals surface area contributed by atoms with Crippen molar-refractivity contribution in [3.05, 3.63) is 105 Å². The van der Waals surface area contributed by atoms with Crippen molar-refractivity contribution in [1.82, 2.24) is 0 Å². The van der Waals surface area contributed by atoms with Gasteiger partial charge in [-0.2, -0.15) is 0 Å². The minimum atomic E-state index is -0.517. The fourth-order valence-electron chi connectivity index (χ4n) is 2.81. The highest BCUT2D eigenvalue weighted by Crippen LogP contribution is 2.35. The van der Waals surface area contributed by atoms with Crippen molar-refractivity contribution in [3.8, 4) is 11.5 Å². The number of hydrogen-bond donors (Lipinski definition) is 0. The summed E-state index contributed by atoms with van der Waals surface area (Å²) in [5, 5.41) is 10.7. The van der Waals surface area contributed by atoms with Crippen LogP contribution in [0.1, 0.15) is 26.3 Å². The average molecular weight is 387 g/mol. The summed E-state index contributed by atoms with van der Waals surface area (Å²) in [4.78, 5) is 34.9. The molecule has 0 fully saturated rings. The molecule has 1 aliphatic rings. The lowest BCUT2D eigenvalue weighted by molar-refractivity contribution is -0.384. The van der Waals surface area contributed by atoms with Crippen molar-refractivity contribution in [2.24, 2.45) is 0 Å². The lowest BCUT2D eigenvalue weighted by atomic mass is 10.1. The van der Waals surface area contributed by atoms with Crippen LogP contribution in [0.2, 0.25) is 0 Å². The van der Waals surface area contributed by atoms with E-state index in [-0.39, 0.29) is 28.7 Å². The van der Waals surface area contributed by atoms with Crippen LogP contribution in [-0.2, 0) is 0 Å². The molecule has 0 spiro atoms. The summed E-state index contributed by atoms with van der Waals surface area (Å²) in [5.74, 6) is -0.222. The predicted molar refractivity (Wildman–Crippen MR) is 104 cm³/mol. The number of carbonyl (C=O) groups is 2. The molecule has 0 saturated carbocycles. The normalized spacial score (nSPS) is 13.7. The molecule has 29 heavy (non-hydrogen) atoms. The van der Waals surface area contributed by atoms with Gasteiger partial charge in [-0.3, -0.25) is 14.9 Å². The Labute approximate surface area is 165 Å². The number of rotatable bonds is 4. The molecule has 0 saturated heterocycles. The quantitative estimate of drug-likeness (QED) is 0.216. The monoisotopic (exact) mass is 387 g/mol. The Bertz CT molecular complexity index is 1150. The van der Waals surface area contributed by atoms with Gasteiger partial charge in [0.15, 0.2) is 5.76 Å². The van der Waals surface area contributed by atoms with E-state index in [0.717, 1.165) is 0 Å². The Kier molecular flexibility index (Phi) is 4.62. The molecule has 0 amide bonds. The fraction of sp³-hybridized carbons (Fsp3) is 0. The number of nitrogens with zero attached hydrogens (tertiary/aromatic N) is 1. The maximum atomic E-state index is 12.5. The number of hydrogen-bond acceptors (Lipinski definition) is 6. The van der Waals surface area contributed by atoms with Gasteiger partial charge in [-0.25, -0.2) is 4.79 Å². The first kappa shape index (κ1) is 18.1. The number of nitro groups is 1. The van der Waals surface area contributed by atoms with Crippen LogP contribution in [0.15, 0.2) is 78.6 Å². The van der Waals surface area contributed by atoms with Gasteiger partial charge in [0.2, 0.25) is 5.78 Å². The van der Waals surface area contributed by atoms with Crippen LogP contribution in [0.25, 0.3) is 6.08 Å². The summed E-state index contributed by atoms with van der Waals surface area (Å²) in [6.07, 6.45) is 1.50. The van der Waals surface area contributed by atoms with E-state index in [2.05, 4.69) is 0 Å². The Balaban J connectivity index is 1.54. The van der Waals surface area contributed by atoms with Crippen LogP contribution >= 0.6 is 0 Å². The lowest BCUT2D eigenvalue weighted by Gasteiger charge is -2.05. The second-order valence-electron chi connectivity index (χ2n) is 6.20. The molecule has 0 radical (unpaired) electrons. The van der Waals surface area contributed by atoms with Gasteiger partial charge in [-0.1, -0.05) is 18.2 Å². The lowest BCUT2D eigenvalue weighted by Crippen LogP contribution is -2.08. The molecule has 4 rings (SSSR count). The van der Waals surface area contributed by atoms with Crippen molar-refractivity contribution in [2.75, 3.05) is 0 Å². The van der Waals surface area contributed by atoms with Crippen LogP contribution < -0.4 is 9.47 Å². The van der Waals surface area contributed by atoms with E-state index in [1.54, 1.807) is 30.3 Å². The van der Waals surface area contributed by atoms with Gasteiger partial charge in [-0.15, -0.1) is 0 Å². The number of allylic oxidation sites excluding steroid dienone is 1. The highest BCUT2D eigenvalue weighted by atomic mass is 16.6. The Hall–Kier alpha value is -4.26. The molecule has 0 bridgehead atoms. The second-order valence-corrected chi connectivity index (χ2v) is 6.20. The molecule has 0 atom stereocenters. The predicted octanol–water partition coefficient (Wildman–Crippen LogP) is 4.43. The smallest absolute Gasteiger partial charge is 0.343 e. The number of Topliss-reactive ketones (excluding diaryl/α,β-unsaturated/α-hetero) is 1. The van der Waals surface area contributed by atoms with E-state index >= 15 is 0 Å². The zero-order valence-electron chi connectivity index (χ0n) is 14.9. The molecule has 0 N–H and O–H groups in total. The SMILES string of the molecule is O=C(Oc1ccc2c(c1)OC(=Cc1ccc([N+](=O)[O-])cc1)C2=O)c1ccccc1.